The van der Waals surface area contributed by atoms with Crippen LogP contribution in [0.5, 0.6) is 5.75 Å². The first-order valence-corrected chi connectivity index (χ1v) is 17.1. The first kappa shape index (κ1) is 34.2. The minimum atomic E-state index is -4.20. The number of benzene rings is 4. The van der Waals surface area contributed by atoms with Gasteiger partial charge in [0, 0.05) is 19.5 Å². The number of rotatable bonds is 15. The van der Waals surface area contributed by atoms with E-state index >= 15 is 0 Å². The third kappa shape index (κ3) is 8.75. The number of carbonyl (C=O) groups is 2. The van der Waals surface area contributed by atoms with Crippen molar-refractivity contribution < 1.29 is 22.7 Å². The van der Waals surface area contributed by atoms with Crippen LogP contribution in [0.2, 0.25) is 0 Å². The Hall–Kier alpha value is -4.63. The molecule has 4 aromatic carbocycles. The highest BCUT2D eigenvalue weighted by Crippen LogP contribution is 2.27. The van der Waals surface area contributed by atoms with Crippen molar-refractivity contribution in [3.05, 3.63) is 125 Å². The second-order valence-electron chi connectivity index (χ2n) is 11.2. The Bertz CT molecular complexity index is 1690. The van der Waals surface area contributed by atoms with Crippen LogP contribution in [0.25, 0.3) is 0 Å². The number of aryl methyl sites for hydroxylation is 2. The first-order chi connectivity index (χ1) is 22.1. The summed E-state index contributed by atoms with van der Waals surface area (Å²) in [5, 5.41) is 2.97. The number of hydrogen-bond donors (Lipinski definition) is 1. The standard InChI is InChI=1S/C37H43N3O5S/c1-5-24-38-37(42)35(25-30-13-8-7-9-14-30)39(26-31-15-11-10-12-29(31)4)36(41)27-40(32-18-16-28(3)17-19-32)46(43,44)34-22-20-33(21-23-34)45-6-2/h7-23,35H,5-6,24-27H2,1-4H3,(H,38,42)/t35-/m1/s1. The van der Waals surface area contributed by atoms with Gasteiger partial charge in [-0.1, -0.05) is 79.2 Å². The zero-order chi connectivity index (χ0) is 33.1. The van der Waals surface area contributed by atoms with Crippen molar-refractivity contribution in [1.29, 1.82) is 0 Å². The molecule has 0 radical (unpaired) electrons. The highest BCUT2D eigenvalue weighted by molar-refractivity contribution is 7.92. The summed E-state index contributed by atoms with van der Waals surface area (Å²) in [4.78, 5) is 29.9. The minimum absolute atomic E-state index is 0.0244. The van der Waals surface area contributed by atoms with Crippen molar-refractivity contribution in [2.75, 3.05) is 24.0 Å². The number of ether oxygens (including phenoxy) is 1. The monoisotopic (exact) mass is 641 g/mol. The number of amides is 2. The summed E-state index contributed by atoms with van der Waals surface area (Å²) in [7, 11) is -4.20. The van der Waals surface area contributed by atoms with Crippen LogP contribution in [0.4, 0.5) is 5.69 Å². The van der Waals surface area contributed by atoms with Crippen molar-refractivity contribution in [3.63, 3.8) is 0 Å². The maximum Gasteiger partial charge on any atom is 0.264 e. The molecule has 1 atom stereocenters. The molecule has 242 valence electrons. The minimum Gasteiger partial charge on any atom is -0.494 e. The summed E-state index contributed by atoms with van der Waals surface area (Å²) in [5.74, 6) is -0.236. The molecule has 9 heteroatoms. The van der Waals surface area contributed by atoms with E-state index in [1.165, 1.54) is 17.0 Å². The largest absolute Gasteiger partial charge is 0.494 e. The molecule has 0 saturated carbocycles. The summed E-state index contributed by atoms with van der Waals surface area (Å²) >= 11 is 0. The van der Waals surface area contributed by atoms with Gasteiger partial charge in [0.15, 0.2) is 0 Å². The van der Waals surface area contributed by atoms with Crippen molar-refractivity contribution in [2.45, 2.75) is 58.0 Å². The van der Waals surface area contributed by atoms with Crippen LogP contribution in [0.15, 0.2) is 108 Å². The Morgan fingerprint density at radius 1 is 0.826 bits per heavy atom. The lowest BCUT2D eigenvalue weighted by atomic mass is 10.0. The van der Waals surface area contributed by atoms with Crippen LogP contribution in [-0.4, -0.2) is 50.9 Å². The van der Waals surface area contributed by atoms with Crippen molar-refractivity contribution >= 4 is 27.5 Å². The van der Waals surface area contributed by atoms with E-state index in [1.807, 2.05) is 94.4 Å². The molecule has 4 aromatic rings. The van der Waals surface area contributed by atoms with Gasteiger partial charge in [-0.3, -0.25) is 13.9 Å². The molecule has 2 amide bonds. The summed E-state index contributed by atoms with van der Waals surface area (Å²) in [5.41, 5.74) is 4.02. The third-order valence-corrected chi connectivity index (χ3v) is 9.53. The van der Waals surface area contributed by atoms with Gasteiger partial charge in [-0.05, 0) is 80.3 Å². The quantitative estimate of drug-likeness (QED) is 0.170. The Morgan fingerprint density at radius 2 is 1.48 bits per heavy atom. The Labute approximate surface area is 273 Å². The molecular formula is C37H43N3O5S. The molecule has 46 heavy (non-hydrogen) atoms. The molecule has 0 saturated heterocycles. The molecule has 0 aliphatic rings. The summed E-state index contributed by atoms with van der Waals surface area (Å²) < 4.78 is 35.1. The van der Waals surface area contributed by atoms with Gasteiger partial charge in [-0.15, -0.1) is 0 Å². The zero-order valence-corrected chi connectivity index (χ0v) is 27.8. The molecular weight excluding hydrogens is 598 g/mol. The van der Waals surface area contributed by atoms with Crippen molar-refractivity contribution in [2.24, 2.45) is 0 Å². The number of carbonyl (C=O) groups excluding carboxylic acids is 2. The van der Waals surface area contributed by atoms with Crippen LogP contribution in [0.3, 0.4) is 0 Å². The van der Waals surface area contributed by atoms with E-state index in [0.29, 0.717) is 24.6 Å². The molecule has 0 heterocycles. The number of hydrogen-bond acceptors (Lipinski definition) is 5. The highest BCUT2D eigenvalue weighted by atomic mass is 32.2. The average Bonchev–Trinajstić information content (AvgIpc) is 3.06. The van der Waals surface area contributed by atoms with E-state index in [0.717, 1.165) is 33.0 Å². The van der Waals surface area contributed by atoms with Gasteiger partial charge in [0.2, 0.25) is 11.8 Å². The second-order valence-corrected chi connectivity index (χ2v) is 13.1. The van der Waals surface area contributed by atoms with Crippen LogP contribution in [0.1, 0.15) is 42.5 Å². The van der Waals surface area contributed by atoms with E-state index in [4.69, 9.17) is 4.74 Å². The van der Waals surface area contributed by atoms with E-state index in [1.54, 1.807) is 24.3 Å². The molecule has 0 spiro atoms. The lowest BCUT2D eigenvalue weighted by Gasteiger charge is -2.34. The van der Waals surface area contributed by atoms with Gasteiger partial charge in [0.1, 0.15) is 18.3 Å². The number of sulfonamides is 1. The van der Waals surface area contributed by atoms with Crippen molar-refractivity contribution in [1.82, 2.24) is 10.2 Å². The van der Waals surface area contributed by atoms with Crippen LogP contribution >= 0.6 is 0 Å². The molecule has 0 unspecified atom stereocenters. The van der Waals surface area contributed by atoms with Crippen LogP contribution in [-0.2, 0) is 32.6 Å². The average molecular weight is 642 g/mol. The molecule has 1 N–H and O–H groups in total. The summed E-state index contributed by atoms with van der Waals surface area (Å²) in [6, 6.07) is 29.5. The number of nitrogens with zero attached hydrogens (tertiary/aromatic N) is 2. The number of nitrogens with one attached hydrogen (secondary N) is 1. The van der Waals surface area contributed by atoms with E-state index in [9.17, 15) is 18.0 Å². The first-order valence-electron chi connectivity index (χ1n) is 15.6. The molecule has 0 aliphatic heterocycles. The molecule has 0 aromatic heterocycles. The maximum absolute atomic E-state index is 14.6. The van der Waals surface area contributed by atoms with Gasteiger partial charge in [0.25, 0.3) is 10.0 Å². The molecule has 0 bridgehead atoms. The smallest absolute Gasteiger partial charge is 0.264 e. The molecule has 8 nitrogen and oxygen atoms in total. The van der Waals surface area contributed by atoms with Gasteiger partial charge in [-0.2, -0.15) is 0 Å². The third-order valence-electron chi connectivity index (χ3n) is 7.75. The maximum atomic E-state index is 14.6. The fourth-order valence-corrected chi connectivity index (χ4v) is 6.55. The van der Waals surface area contributed by atoms with Crippen LogP contribution in [0, 0.1) is 13.8 Å². The topological polar surface area (TPSA) is 96.0 Å². The van der Waals surface area contributed by atoms with E-state index in [2.05, 4.69) is 5.32 Å². The second kappa shape index (κ2) is 16.1. The van der Waals surface area contributed by atoms with Gasteiger partial charge < -0.3 is 15.0 Å². The highest BCUT2D eigenvalue weighted by Gasteiger charge is 2.34. The Balaban J connectivity index is 1.79. The fourth-order valence-electron chi connectivity index (χ4n) is 5.13. The normalized spacial score (nSPS) is 11.8. The Morgan fingerprint density at radius 3 is 2.11 bits per heavy atom. The summed E-state index contributed by atoms with van der Waals surface area (Å²) in [6.07, 6.45) is 1.00. The van der Waals surface area contributed by atoms with E-state index < -0.39 is 28.5 Å². The predicted octanol–water partition coefficient (Wildman–Crippen LogP) is 6.06. The molecule has 0 aliphatic carbocycles. The Kier molecular flexibility index (Phi) is 12.0. The fraction of sp³-hybridized carbons (Fsp3) is 0.297. The van der Waals surface area contributed by atoms with Crippen LogP contribution < -0.4 is 14.4 Å². The zero-order valence-electron chi connectivity index (χ0n) is 27.0. The van der Waals surface area contributed by atoms with Crippen molar-refractivity contribution in [3.8, 4) is 5.75 Å². The SMILES string of the molecule is CCCNC(=O)[C@@H](Cc1ccccc1)N(Cc1ccccc1C)C(=O)CN(c1ccc(C)cc1)S(=O)(=O)c1ccc(OCC)cc1. The molecule has 4 rings (SSSR count). The predicted molar refractivity (Wildman–Crippen MR) is 182 cm³/mol. The van der Waals surface area contributed by atoms with Gasteiger partial charge in [-0.25, -0.2) is 8.42 Å². The number of anilines is 1. The van der Waals surface area contributed by atoms with E-state index in [-0.39, 0.29) is 23.8 Å². The van der Waals surface area contributed by atoms with Gasteiger partial charge >= 0.3 is 0 Å². The molecule has 0 fully saturated rings. The lowest BCUT2D eigenvalue weighted by molar-refractivity contribution is -0.140. The lowest BCUT2D eigenvalue weighted by Crippen LogP contribution is -2.53. The summed E-state index contributed by atoms with van der Waals surface area (Å²) in [6.45, 7) is 8.22. The van der Waals surface area contributed by atoms with Gasteiger partial charge in [0.05, 0.1) is 17.2 Å².